The van der Waals surface area contributed by atoms with Crippen molar-refractivity contribution in [2.75, 3.05) is 18.0 Å². The number of nitrogens with two attached hydrogens (primary N) is 1. The zero-order valence-electron chi connectivity index (χ0n) is 13.1. The molecule has 0 bridgehead atoms. The average Bonchev–Trinajstić information content (AvgIpc) is 2.37. The third kappa shape index (κ3) is 3.89. The van der Waals surface area contributed by atoms with Crippen LogP contribution < -0.4 is 10.6 Å². The molecule has 112 valence electrons. The van der Waals surface area contributed by atoms with Crippen molar-refractivity contribution in [2.45, 2.75) is 57.1 Å². The quantitative estimate of drug-likeness (QED) is 0.926. The molecule has 4 heteroatoms. The highest BCUT2D eigenvalue weighted by Crippen LogP contribution is 2.29. The average molecular weight is 293 g/mol. The van der Waals surface area contributed by atoms with Gasteiger partial charge in [-0.3, -0.25) is 0 Å². The van der Waals surface area contributed by atoms with Crippen LogP contribution in [0.2, 0.25) is 0 Å². The monoisotopic (exact) mass is 293 g/mol. The van der Waals surface area contributed by atoms with E-state index in [-0.39, 0.29) is 6.04 Å². The maximum atomic E-state index is 6.03. The van der Waals surface area contributed by atoms with Gasteiger partial charge in [0.2, 0.25) is 0 Å². The van der Waals surface area contributed by atoms with Crippen molar-refractivity contribution in [3.63, 3.8) is 0 Å². The smallest absolute Gasteiger partial charge is 0.131 e. The molecule has 2 rings (SSSR count). The van der Waals surface area contributed by atoms with Crippen molar-refractivity contribution in [1.82, 2.24) is 4.98 Å². The Morgan fingerprint density at radius 3 is 2.60 bits per heavy atom. The maximum absolute atomic E-state index is 6.03. The van der Waals surface area contributed by atoms with Crippen molar-refractivity contribution in [2.24, 2.45) is 5.73 Å². The Bertz CT molecular complexity index is 439. The summed E-state index contributed by atoms with van der Waals surface area (Å²) < 4.78 is 0. The molecule has 1 fully saturated rings. The van der Waals surface area contributed by atoms with Crippen LogP contribution >= 0.6 is 11.8 Å². The van der Waals surface area contributed by atoms with Crippen molar-refractivity contribution in [1.29, 1.82) is 0 Å². The van der Waals surface area contributed by atoms with Gasteiger partial charge in [-0.1, -0.05) is 26.8 Å². The van der Waals surface area contributed by atoms with E-state index in [4.69, 9.17) is 10.7 Å². The molecular weight excluding hydrogens is 266 g/mol. The summed E-state index contributed by atoms with van der Waals surface area (Å²) in [6.45, 7) is 11.1. The minimum atomic E-state index is 0.244. The Morgan fingerprint density at radius 2 is 2.05 bits per heavy atom. The van der Waals surface area contributed by atoms with Gasteiger partial charge in [-0.15, -0.1) is 0 Å². The Kier molecular flexibility index (Phi) is 5.33. The standard InChI is InChI=1S/C16H27N3S/c1-5-15(17)7-14-6-11(2)16(18-8-14)19-9-12(3)20-13(4)10-19/h6,8,12-13,15H,5,7,9-10,17H2,1-4H3. The molecule has 0 aromatic carbocycles. The van der Waals surface area contributed by atoms with E-state index in [0.29, 0.717) is 10.5 Å². The molecule has 1 aromatic rings. The van der Waals surface area contributed by atoms with Crippen molar-refractivity contribution in [3.05, 3.63) is 23.4 Å². The zero-order chi connectivity index (χ0) is 14.7. The van der Waals surface area contributed by atoms with Crippen molar-refractivity contribution >= 4 is 17.6 Å². The lowest BCUT2D eigenvalue weighted by Gasteiger charge is -2.36. The summed E-state index contributed by atoms with van der Waals surface area (Å²) in [7, 11) is 0. The van der Waals surface area contributed by atoms with Gasteiger partial charge in [-0.25, -0.2) is 4.98 Å². The van der Waals surface area contributed by atoms with Gasteiger partial charge >= 0.3 is 0 Å². The number of hydrogen-bond donors (Lipinski definition) is 1. The number of hydrogen-bond acceptors (Lipinski definition) is 4. The van der Waals surface area contributed by atoms with Crippen molar-refractivity contribution < 1.29 is 0 Å². The minimum absolute atomic E-state index is 0.244. The van der Waals surface area contributed by atoms with Gasteiger partial charge in [0.05, 0.1) is 0 Å². The predicted molar refractivity (Wildman–Crippen MR) is 89.7 cm³/mol. The van der Waals surface area contributed by atoms with Crippen LogP contribution in [0.25, 0.3) is 0 Å². The van der Waals surface area contributed by atoms with Gasteiger partial charge in [-0.05, 0) is 30.9 Å². The summed E-state index contributed by atoms with van der Waals surface area (Å²) in [6, 6.07) is 2.50. The highest BCUT2D eigenvalue weighted by atomic mass is 32.2. The molecule has 3 unspecified atom stereocenters. The summed E-state index contributed by atoms with van der Waals surface area (Å²) in [4.78, 5) is 7.15. The lowest BCUT2D eigenvalue weighted by molar-refractivity contribution is 0.644. The first-order chi connectivity index (χ1) is 9.49. The Hall–Kier alpha value is -0.740. The van der Waals surface area contributed by atoms with Crippen LogP contribution in [0.15, 0.2) is 12.3 Å². The van der Waals surface area contributed by atoms with E-state index >= 15 is 0 Å². The lowest BCUT2D eigenvalue weighted by Crippen LogP contribution is -2.41. The summed E-state index contributed by atoms with van der Waals surface area (Å²) in [6.07, 6.45) is 3.95. The second-order valence-electron chi connectivity index (χ2n) is 6.02. The third-order valence-electron chi connectivity index (χ3n) is 3.85. The minimum Gasteiger partial charge on any atom is -0.354 e. The van der Waals surface area contributed by atoms with Crippen LogP contribution in [-0.2, 0) is 6.42 Å². The van der Waals surface area contributed by atoms with Crippen LogP contribution in [0.5, 0.6) is 0 Å². The lowest BCUT2D eigenvalue weighted by atomic mass is 10.0. The highest BCUT2D eigenvalue weighted by molar-refractivity contribution is 8.00. The van der Waals surface area contributed by atoms with Gasteiger partial charge in [0.1, 0.15) is 5.82 Å². The number of aryl methyl sites for hydroxylation is 1. The van der Waals surface area contributed by atoms with E-state index in [1.54, 1.807) is 0 Å². The molecule has 0 aliphatic carbocycles. The summed E-state index contributed by atoms with van der Waals surface area (Å²) in [5.74, 6) is 1.15. The van der Waals surface area contributed by atoms with Gasteiger partial charge in [0, 0.05) is 35.8 Å². The Morgan fingerprint density at radius 1 is 1.40 bits per heavy atom. The zero-order valence-corrected chi connectivity index (χ0v) is 13.9. The Labute approximate surface area is 127 Å². The largest absolute Gasteiger partial charge is 0.354 e. The van der Waals surface area contributed by atoms with E-state index in [1.165, 1.54) is 11.1 Å². The fourth-order valence-electron chi connectivity index (χ4n) is 2.87. The predicted octanol–water partition coefficient (Wildman–Crippen LogP) is 3.00. The van der Waals surface area contributed by atoms with Gasteiger partial charge < -0.3 is 10.6 Å². The molecule has 3 nitrogen and oxygen atoms in total. The molecule has 2 N–H and O–H groups in total. The molecular formula is C16H27N3S. The van der Waals surface area contributed by atoms with E-state index in [2.05, 4.69) is 50.4 Å². The first kappa shape index (κ1) is 15.6. The van der Waals surface area contributed by atoms with E-state index in [1.807, 2.05) is 6.20 Å². The van der Waals surface area contributed by atoms with Gasteiger partial charge in [0.15, 0.2) is 0 Å². The normalized spacial score (nSPS) is 24.8. The second kappa shape index (κ2) is 6.81. The molecule has 20 heavy (non-hydrogen) atoms. The first-order valence-corrected chi connectivity index (χ1v) is 8.55. The summed E-state index contributed by atoms with van der Waals surface area (Å²) >= 11 is 2.07. The van der Waals surface area contributed by atoms with E-state index < -0.39 is 0 Å². The van der Waals surface area contributed by atoms with Crippen LogP contribution in [-0.4, -0.2) is 34.6 Å². The molecule has 1 aliphatic rings. The highest BCUT2D eigenvalue weighted by Gasteiger charge is 2.24. The topological polar surface area (TPSA) is 42.1 Å². The molecule has 2 heterocycles. The van der Waals surface area contributed by atoms with Crippen LogP contribution in [0.4, 0.5) is 5.82 Å². The van der Waals surface area contributed by atoms with E-state index in [0.717, 1.165) is 31.7 Å². The molecule has 0 spiro atoms. The first-order valence-electron chi connectivity index (χ1n) is 7.61. The molecule has 3 atom stereocenters. The summed E-state index contributed by atoms with van der Waals surface area (Å²) in [5, 5.41) is 1.35. The number of thioether (sulfide) groups is 1. The summed E-state index contributed by atoms with van der Waals surface area (Å²) in [5.41, 5.74) is 8.56. The van der Waals surface area contributed by atoms with Gasteiger partial charge in [-0.2, -0.15) is 11.8 Å². The number of nitrogens with zero attached hydrogens (tertiary/aromatic N) is 2. The SMILES string of the molecule is CCC(N)Cc1cnc(N2CC(C)SC(C)C2)c(C)c1. The van der Waals surface area contributed by atoms with Crippen LogP contribution in [0.1, 0.15) is 38.3 Å². The maximum Gasteiger partial charge on any atom is 0.131 e. The number of aromatic nitrogens is 1. The second-order valence-corrected chi connectivity index (χ2v) is 7.90. The Balaban J connectivity index is 2.13. The van der Waals surface area contributed by atoms with Crippen molar-refractivity contribution in [3.8, 4) is 0 Å². The molecule has 0 amide bonds. The fourth-order valence-corrected chi connectivity index (χ4v) is 4.19. The fraction of sp³-hybridized carbons (Fsp3) is 0.688. The third-order valence-corrected chi connectivity index (χ3v) is 5.08. The number of anilines is 1. The molecule has 0 saturated carbocycles. The molecule has 0 radical (unpaired) electrons. The number of rotatable bonds is 4. The number of pyridine rings is 1. The van der Waals surface area contributed by atoms with Crippen LogP contribution in [0, 0.1) is 6.92 Å². The van der Waals surface area contributed by atoms with E-state index in [9.17, 15) is 0 Å². The van der Waals surface area contributed by atoms with Crippen LogP contribution in [0.3, 0.4) is 0 Å². The molecule has 1 saturated heterocycles. The molecule has 1 aliphatic heterocycles. The molecule has 1 aromatic heterocycles. The van der Waals surface area contributed by atoms with Gasteiger partial charge in [0.25, 0.3) is 0 Å².